The van der Waals surface area contributed by atoms with Gasteiger partial charge in [-0.25, -0.2) is 0 Å². The molecule has 1 nitrogen and oxygen atoms in total. The number of ether oxygens (including phenoxy) is 1. The third-order valence-corrected chi connectivity index (χ3v) is 3.57. The Balaban J connectivity index is 2.23. The maximum Gasteiger partial charge on any atom is 0.128 e. The molecule has 0 saturated heterocycles. The molecule has 0 bridgehead atoms. The average Bonchev–Trinajstić information content (AvgIpc) is 2.37. The maximum absolute atomic E-state index is 6.14. The summed E-state index contributed by atoms with van der Waals surface area (Å²) in [6.45, 7) is 6.12. The van der Waals surface area contributed by atoms with Crippen LogP contribution >= 0.6 is 11.6 Å². The highest BCUT2D eigenvalue weighted by Gasteiger charge is 2.04. The lowest BCUT2D eigenvalue weighted by atomic mass is 10.1. The maximum atomic E-state index is 6.14. The van der Waals surface area contributed by atoms with Crippen molar-refractivity contribution < 1.29 is 4.74 Å². The second-order valence-corrected chi connectivity index (χ2v) is 4.85. The van der Waals surface area contributed by atoms with Gasteiger partial charge in [-0.15, -0.1) is 0 Å². The topological polar surface area (TPSA) is 9.23 Å². The van der Waals surface area contributed by atoms with Crippen LogP contribution in [0.4, 0.5) is 0 Å². The van der Waals surface area contributed by atoms with Gasteiger partial charge in [0.1, 0.15) is 11.5 Å². The molecule has 0 atom stereocenters. The number of hydrogen-bond donors (Lipinski definition) is 0. The average molecular weight is 261 g/mol. The minimum atomic E-state index is 0.809. The van der Waals surface area contributed by atoms with Gasteiger partial charge < -0.3 is 4.74 Å². The summed E-state index contributed by atoms with van der Waals surface area (Å²) in [4.78, 5) is 0. The standard InChI is InChI=1S/C16H17ClO/c1-4-13-5-7-14(8-6-13)18-15-9-11(2)16(17)12(3)10-15/h5-10H,4H2,1-3H3. The van der Waals surface area contributed by atoms with E-state index in [0.717, 1.165) is 34.1 Å². The van der Waals surface area contributed by atoms with E-state index in [1.807, 2.05) is 38.1 Å². The normalized spacial score (nSPS) is 10.4. The Morgan fingerprint density at radius 2 is 1.50 bits per heavy atom. The molecule has 0 aromatic heterocycles. The van der Waals surface area contributed by atoms with Gasteiger partial charge in [-0.2, -0.15) is 0 Å². The van der Waals surface area contributed by atoms with Crippen molar-refractivity contribution in [2.24, 2.45) is 0 Å². The van der Waals surface area contributed by atoms with Crippen LogP contribution in [0.15, 0.2) is 36.4 Å². The van der Waals surface area contributed by atoms with E-state index in [2.05, 4.69) is 19.1 Å². The van der Waals surface area contributed by atoms with Gasteiger partial charge in [-0.3, -0.25) is 0 Å². The fourth-order valence-corrected chi connectivity index (χ4v) is 2.00. The first-order valence-electron chi connectivity index (χ1n) is 6.13. The van der Waals surface area contributed by atoms with Crippen molar-refractivity contribution in [2.45, 2.75) is 27.2 Å². The number of halogens is 1. The number of hydrogen-bond acceptors (Lipinski definition) is 1. The van der Waals surface area contributed by atoms with Crippen molar-refractivity contribution in [3.8, 4) is 11.5 Å². The van der Waals surface area contributed by atoms with Crippen LogP contribution in [0.3, 0.4) is 0 Å². The number of benzene rings is 2. The Hall–Kier alpha value is -1.47. The van der Waals surface area contributed by atoms with Crippen molar-refractivity contribution in [3.05, 3.63) is 58.1 Å². The highest BCUT2D eigenvalue weighted by Crippen LogP contribution is 2.29. The first-order chi connectivity index (χ1) is 8.60. The van der Waals surface area contributed by atoms with Crippen molar-refractivity contribution in [3.63, 3.8) is 0 Å². The SMILES string of the molecule is CCc1ccc(Oc2cc(C)c(Cl)c(C)c2)cc1. The van der Waals surface area contributed by atoms with E-state index in [1.54, 1.807) is 0 Å². The molecule has 0 fully saturated rings. The molecule has 0 saturated carbocycles. The Labute approximate surface area is 113 Å². The van der Waals surface area contributed by atoms with Gasteiger partial charge in [0.25, 0.3) is 0 Å². The molecule has 0 amide bonds. The van der Waals surface area contributed by atoms with Crippen molar-refractivity contribution in [2.75, 3.05) is 0 Å². The zero-order valence-corrected chi connectivity index (χ0v) is 11.7. The molecule has 0 aliphatic carbocycles. The predicted octanol–water partition coefficient (Wildman–Crippen LogP) is 5.31. The summed E-state index contributed by atoms with van der Waals surface area (Å²) >= 11 is 6.14. The van der Waals surface area contributed by atoms with E-state index in [1.165, 1.54) is 5.56 Å². The van der Waals surface area contributed by atoms with E-state index in [-0.39, 0.29) is 0 Å². The lowest BCUT2D eigenvalue weighted by Crippen LogP contribution is -1.89. The molecule has 0 unspecified atom stereocenters. The van der Waals surface area contributed by atoms with Crippen LogP contribution in [-0.2, 0) is 6.42 Å². The van der Waals surface area contributed by atoms with Gasteiger partial charge in [0.05, 0.1) is 0 Å². The molecule has 2 aromatic carbocycles. The van der Waals surface area contributed by atoms with Gasteiger partial charge in [0.2, 0.25) is 0 Å². The third kappa shape index (κ3) is 2.85. The molecule has 0 aliphatic heterocycles. The minimum absolute atomic E-state index is 0.809. The number of rotatable bonds is 3. The van der Waals surface area contributed by atoms with Gasteiger partial charge in [-0.1, -0.05) is 30.7 Å². The van der Waals surface area contributed by atoms with Crippen LogP contribution < -0.4 is 4.74 Å². The zero-order valence-electron chi connectivity index (χ0n) is 11.0. The summed E-state index contributed by atoms with van der Waals surface area (Å²) in [7, 11) is 0. The molecular weight excluding hydrogens is 244 g/mol. The molecule has 2 aromatic rings. The second kappa shape index (κ2) is 5.45. The molecule has 0 radical (unpaired) electrons. The van der Waals surface area contributed by atoms with Gasteiger partial charge in [0.15, 0.2) is 0 Å². The molecule has 2 heteroatoms. The summed E-state index contributed by atoms with van der Waals surface area (Å²) in [6, 6.07) is 12.1. The van der Waals surface area contributed by atoms with E-state index in [0.29, 0.717) is 0 Å². The molecule has 2 rings (SSSR count). The summed E-state index contributed by atoms with van der Waals surface area (Å²) in [5.74, 6) is 1.69. The Morgan fingerprint density at radius 3 is 2.00 bits per heavy atom. The van der Waals surface area contributed by atoms with Gasteiger partial charge >= 0.3 is 0 Å². The third-order valence-electron chi connectivity index (χ3n) is 2.98. The van der Waals surface area contributed by atoms with Crippen LogP contribution in [-0.4, -0.2) is 0 Å². The predicted molar refractivity (Wildman–Crippen MR) is 76.8 cm³/mol. The molecule has 0 spiro atoms. The minimum Gasteiger partial charge on any atom is -0.457 e. The monoisotopic (exact) mass is 260 g/mol. The molecule has 0 aliphatic rings. The number of aryl methyl sites for hydroxylation is 3. The highest BCUT2D eigenvalue weighted by atomic mass is 35.5. The van der Waals surface area contributed by atoms with E-state index in [9.17, 15) is 0 Å². The van der Waals surface area contributed by atoms with E-state index < -0.39 is 0 Å². The van der Waals surface area contributed by atoms with Gasteiger partial charge in [0, 0.05) is 5.02 Å². The van der Waals surface area contributed by atoms with Crippen LogP contribution in [0.1, 0.15) is 23.6 Å². The molecule has 94 valence electrons. The first kappa shape index (κ1) is 13.0. The summed E-state index contributed by atoms with van der Waals surface area (Å²) in [5.41, 5.74) is 3.39. The van der Waals surface area contributed by atoms with Crippen LogP contribution in [0.2, 0.25) is 5.02 Å². The van der Waals surface area contributed by atoms with Crippen LogP contribution in [0.25, 0.3) is 0 Å². The lowest BCUT2D eigenvalue weighted by Gasteiger charge is -2.10. The second-order valence-electron chi connectivity index (χ2n) is 4.47. The fourth-order valence-electron chi connectivity index (χ4n) is 1.89. The summed E-state index contributed by atoms with van der Waals surface area (Å²) in [6.07, 6.45) is 1.04. The zero-order chi connectivity index (χ0) is 13.1. The molecule has 0 heterocycles. The lowest BCUT2D eigenvalue weighted by molar-refractivity contribution is 0.481. The smallest absolute Gasteiger partial charge is 0.128 e. The molecule has 0 N–H and O–H groups in total. The Morgan fingerprint density at radius 1 is 0.944 bits per heavy atom. The van der Waals surface area contributed by atoms with E-state index in [4.69, 9.17) is 16.3 Å². The van der Waals surface area contributed by atoms with Gasteiger partial charge in [-0.05, 0) is 61.2 Å². The van der Waals surface area contributed by atoms with Crippen molar-refractivity contribution in [1.82, 2.24) is 0 Å². The van der Waals surface area contributed by atoms with E-state index >= 15 is 0 Å². The molecular formula is C16H17ClO. The van der Waals surface area contributed by atoms with Crippen LogP contribution in [0.5, 0.6) is 11.5 Å². The summed E-state index contributed by atoms with van der Waals surface area (Å²) in [5, 5.41) is 0.809. The Kier molecular flexibility index (Phi) is 3.93. The largest absolute Gasteiger partial charge is 0.457 e. The molecule has 18 heavy (non-hydrogen) atoms. The first-order valence-corrected chi connectivity index (χ1v) is 6.51. The van der Waals surface area contributed by atoms with Crippen molar-refractivity contribution >= 4 is 11.6 Å². The fraction of sp³-hybridized carbons (Fsp3) is 0.250. The van der Waals surface area contributed by atoms with Crippen LogP contribution in [0, 0.1) is 13.8 Å². The quantitative estimate of drug-likeness (QED) is 0.727. The highest BCUT2D eigenvalue weighted by molar-refractivity contribution is 6.32. The van der Waals surface area contributed by atoms with Crippen molar-refractivity contribution in [1.29, 1.82) is 0 Å². The Bertz CT molecular complexity index is 521. The summed E-state index contributed by atoms with van der Waals surface area (Å²) < 4.78 is 5.84.